The molecule has 1 aromatic carbocycles. The number of aryl methyl sites for hydroxylation is 3. The molecule has 5 heteroatoms. The van der Waals surface area contributed by atoms with Crippen molar-refractivity contribution in [1.82, 2.24) is 9.97 Å². The number of nitrogens with one attached hydrogen (secondary N) is 1. The molecular formula is C20H26N4O. The molecule has 1 aromatic heterocycles. The lowest BCUT2D eigenvalue weighted by Crippen LogP contribution is -2.26. The fourth-order valence-corrected chi connectivity index (χ4v) is 3.44. The van der Waals surface area contributed by atoms with E-state index in [1.165, 1.54) is 31.2 Å². The molecule has 3 rings (SSSR count). The quantitative estimate of drug-likeness (QED) is 0.918. The highest BCUT2D eigenvalue weighted by Gasteiger charge is 2.15. The van der Waals surface area contributed by atoms with Crippen molar-refractivity contribution >= 4 is 17.5 Å². The Morgan fingerprint density at radius 1 is 0.960 bits per heavy atom. The summed E-state index contributed by atoms with van der Waals surface area (Å²) in [6, 6.07) is 4.14. The van der Waals surface area contributed by atoms with E-state index >= 15 is 0 Å². The zero-order valence-electron chi connectivity index (χ0n) is 15.3. The van der Waals surface area contributed by atoms with Gasteiger partial charge in [-0.3, -0.25) is 4.79 Å². The number of anilines is 2. The lowest BCUT2D eigenvalue weighted by Gasteiger charge is -2.20. The summed E-state index contributed by atoms with van der Waals surface area (Å²) in [5.41, 5.74) is 4.67. The first-order valence-corrected chi connectivity index (χ1v) is 9.01. The molecule has 1 aliphatic rings. The van der Waals surface area contributed by atoms with Gasteiger partial charge >= 0.3 is 0 Å². The minimum atomic E-state index is -0.169. The van der Waals surface area contributed by atoms with Crippen LogP contribution in [0.5, 0.6) is 0 Å². The highest BCUT2D eigenvalue weighted by Crippen LogP contribution is 2.22. The molecule has 1 amide bonds. The van der Waals surface area contributed by atoms with E-state index in [1.54, 1.807) is 12.4 Å². The van der Waals surface area contributed by atoms with E-state index in [1.807, 2.05) is 13.8 Å². The van der Waals surface area contributed by atoms with Crippen LogP contribution in [0.3, 0.4) is 0 Å². The minimum Gasteiger partial charge on any atom is -0.341 e. The summed E-state index contributed by atoms with van der Waals surface area (Å²) in [6.07, 6.45) is 8.15. The minimum absolute atomic E-state index is 0.169. The first-order chi connectivity index (χ1) is 12.0. The molecule has 1 saturated heterocycles. The normalized spacial score (nSPS) is 14.9. The van der Waals surface area contributed by atoms with Crippen LogP contribution in [0.2, 0.25) is 0 Å². The molecule has 0 radical (unpaired) electrons. The van der Waals surface area contributed by atoms with Crippen molar-refractivity contribution in [2.75, 3.05) is 23.3 Å². The van der Waals surface area contributed by atoms with Crippen molar-refractivity contribution in [3.05, 3.63) is 46.8 Å². The zero-order chi connectivity index (χ0) is 17.8. The molecule has 0 bridgehead atoms. The molecule has 132 valence electrons. The van der Waals surface area contributed by atoms with Crippen molar-refractivity contribution < 1.29 is 4.79 Å². The van der Waals surface area contributed by atoms with Crippen LogP contribution in [-0.2, 0) is 0 Å². The largest absolute Gasteiger partial charge is 0.341 e. The Labute approximate surface area is 149 Å². The van der Waals surface area contributed by atoms with Crippen LogP contribution >= 0.6 is 0 Å². The lowest BCUT2D eigenvalue weighted by atomic mass is 10.0. The van der Waals surface area contributed by atoms with Gasteiger partial charge in [0.05, 0.1) is 5.56 Å². The van der Waals surface area contributed by atoms with Crippen LogP contribution in [0.4, 0.5) is 11.6 Å². The third kappa shape index (κ3) is 4.16. The molecule has 2 heterocycles. The van der Waals surface area contributed by atoms with Crippen LogP contribution in [0.25, 0.3) is 0 Å². The Morgan fingerprint density at radius 3 is 2.08 bits per heavy atom. The van der Waals surface area contributed by atoms with Crippen molar-refractivity contribution in [2.45, 2.75) is 46.5 Å². The number of nitrogens with zero attached hydrogens (tertiary/aromatic N) is 3. The maximum atomic E-state index is 12.5. The third-order valence-electron chi connectivity index (χ3n) is 4.70. The van der Waals surface area contributed by atoms with E-state index in [9.17, 15) is 4.79 Å². The number of amides is 1. The van der Waals surface area contributed by atoms with Crippen molar-refractivity contribution in [3.8, 4) is 0 Å². The van der Waals surface area contributed by atoms with Gasteiger partial charge in [-0.1, -0.05) is 30.5 Å². The number of carbonyl (C=O) groups is 1. The summed E-state index contributed by atoms with van der Waals surface area (Å²) >= 11 is 0. The highest BCUT2D eigenvalue weighted by atomic mass is 16.1. The molecule has 1 fully saturated rings. The van der Waals surface area contributed by atoms with Gasteiger partial charge in [0.1, 0.15) is 0 Å². The average Bonchev–Trinajstić information content (AvgIpc) is 2.87. The monoisotopic (exact) mass is 338 g/mol. The molecule has 1 aliphatic heterocycles. The van der Waals surface area contributed by atoms with Gasteiger partial charge in [0.2, 0.25) is 5.95 Å². The number of hydrogen-bond donors (Lipinski definition) is 1. The molecule has 0 atom stereocenters. The number of hydrogen-bond acceptors (Lipinski definition) is 4. The summed E-state index contributed by atoms with van der Waals surface area (Å²) < 4.78 is 0. The van der Waals surface area contributed by atoms with Gasteiger partial charge in [-0.25, -0.2) is 9.97 Å². The molecule has 25 heavy (non-hydrogen) atoms. The van der Waals surface area contributed by atoms with Crippen LogP contribution < -0.4 is 10.2 Å². The van der Waals surface area contributed by atoms with Gasteiger partial charge in [0.15, 0.2) is 0 Å². The van der Waals surface area contributed by atoms with E-state index in [4.69, 9.17) is 0 Å². The number of aromatic nitrogens is 2. The van der Waals surface area contributed by atoms with Crippen LogP contribution in [0, 0.1) is 20.8 Å². The summed E-state index contributed by atoms with van der Waals surface area (Å²) in [4.78, 5) is 23.6. The lowest BCUT2D eigenvalue weighted by molar-refractivity contribution is 0.102. The Kier molecular flexibility index (Phi) is 5.31. The summed E-state index contributed by atoms with van der Waals surface area (Å²) in [7, 11) is 0. The van der Waals surface area contributed by atoms with Crippen LogP contribution in [0.1, 0.15) is 52.7 Å². The Morgan fingerprint density at radius 2 is 1.52 bits per heavy atom. The van der Waals surface area contributed by atoms with Gasteiger partial charge in [0.25, 0.3) is 5.91 Å². The Hall–Kier alpha value is -2.43. The zero-order valence-corrected chi connectivity index (χ0v) is 15.3. The molecular weight excluding hydrogens is 312 g/mol. The summed E-state index contributed by atoms with van der Waals surface area (Å²) in [5.74, 6) is 0.554. The molecule has 0 spiro atoms. The molecule has 2 aromatic rings. The second-order valence-corrected chi connectivity index (χ2v) is 6.90. The van der Waals surface area contributed by atoms with E-state index < -0.39 is 0 Å². The summed E-state index contributed by atoms with van der Waals surface area (Å²) in [5, 5.41) is 3.00. The van der Waals surface area contributed by atoms with Crippen molar-refractivity contribution in [3.63, 3.8) is 0 Å². The van der Waals surface area contributed by atoms with E-state index in [0.717, 1.165) is 35.9 Å². The number of rotatable bonds is 3. The molecule has 1 N–H and O–H groups in total. The topological polar surface area (TPSA) is 58.1 Å². The van der Waals surface area contributed by atoms with Crippen molar-refractivity contribution in [1.29, 1.82) is 0 Å². The number of carbonyl (C=O) groups excluding carboxylic acids is 1. The van der Waals surface area contributed by atoms with Gasteiger partial charge in [-0.15, -0.1) is 0 Å². The first-order valence-electron chi connectivity index (χ1n) is 9.01. The third-order valence-corrected chi connectivity index (χ3v) is 4.70. The fourth-order valence-electron chi connectivity index (χ4n) is 3.44. The SMILES string of the molecule is Cc1cc(C)c(NC(=O)c2cnc(N3CCCCCC3)nc2)c(C)c1. The maximum Gasteiger partial charge on any atom is 0.258 e. The fraction of sp³-hybridized carbons (Fsp3) is 0.450. The van der Waals surface area contributed by atoms with Gasteiger partial charge < -0.3 is 10.2 Å². The second kappa shape index (κ2) is 7.64. The first kappa shape index (κ1) is 17.4. The van der Waals surface area contributed by atoms with Gasteiger partial charge in [-0.2, -0.15) is 0 Å². The van der Waals surface area contributed by atoms with Crippen molar-refractivity contribution in [2.24, 2.45) is 0 Å². The van der Waals surface area contributed by atoms with Gasteiger partial charge in [-0.05, 0) is 44.7 Å². The predicted octanol–water partition coefficient (Wildman–Crippen LogP) is 4.03. The van der Waals surface area contributed by atoms with E-state index in [0.29, 0.717) is 5.56 Å². The Bertz CT molecular complexity index is 724. The average molecular weight is 338 g/mol. The van der Waals surface area contributed by atoms with E-state index in [-0.39, 0.29) is 5.91 Å². The van der Waals surface area contributed by atoms with Crippen LogP contribution in [0.15, 0.2) is 24.5 Å². The molecule has 0 saturated carbocycles. The summed E-state index contributed by atoms with van der Waals surface area (Å²) in [6.45, 7) is 8.06. The molecule has 0 aliphatic carbocycles. The number of benzene rings is 1. The molecule has 0 unspecified atom stereocenters. The predicted molar refractivity (Wildman–Crippen MR) is 101 cm³/mol. The second-order valence-electron chi connectivity index (χ2n) is 6.90. The Balaban J connectivity index is 1.73. The van der Waals surface area contributed by atoms with E-state index in [2.05, 4.69) is 39.2 Å². The van der Waals surface area contributed by atoms with Crippen LogP contribution in [-0.4, -0.2) is 29.0 Å². The highest BCUT2D eigenvalue weighted by molar-refractivity contribution is 6.04. The smallest absolute Gasteiger partial charge is 0.258 e. The molecule has 5 nitrogen and oxygen atoms in total. The standard InChI is InChI=1S/C20H26N4O/c1-14-10-15(2)18(16(3)11-14)23-19(25)17-12-21-20(22-13-17)24-8-6-4-5-7-9-24/h10-13H,4-9H2,1-3H3,(H,23,25). The maximum absolute atomic E-state index is 12.5. The van der Waals surface area contributed by atoms with Gasteiger partial charge in [0, 0.05) is 31.2 Å².